The monoisotopic (exact) mass is 277 g/mol. The number of ketones is 1. The summed E-state index contributed by atoms with van der Waals surface area (Å²) in [5, 5.41) is 9.09. The van der Waals surface area contributed by atoms with Crippen molar-refractivity contribution in [3.8, 4) is 0 Å². The molecular weight excluding hydrogens is 262 g/mol. The van der Waals surface area contributed by atoms with Gasteiger partial charge in [0.25, 0.3) is 0 Å². The number of rotatable bonds is 3. The fourth-order valence-electron chi connectivity index (χ4n) is 2.32. The molecule has 0 radical (unpaired) electrons. The molecule has 0 aliphatic rings. The molecule has 3 aromatic rings. The summed E-state index contributed by atoms with van der Waals surface area (Å²) < 4.78 is 0. The minimum absolute atomic E-state index is 0.0527. The summed E-state index contributed by atoms with van der Waals surface area (Å²) in [7, 11) is 0. The van der Waals surface area contributed by atoms with Crippen molar-refractivity contribution in [1.82, 2.24) is 15.2 Å². The maximum absolute atomic E-state index is 12.7. The van der Waals surface area contributed by atoms with Gasteiger partial charge in [-0.05, 0) is 31.5 Å². The van der Waals surface area contributed by atoms with Crippen LogP contribution < -0.4 is 0 Å². The van der Waals surface area contributed by atoms with E-state index in [-0.39, 0.29) is 5.78 Å². The molecule has 0 saturated heterocycles. The molecule has 0 aliphatic carbocycles. The summed E-state index contributed by atoms with van der Waals surface area (Å²) in [6.07, 6.45) is 2.30. The van der Waals surface area contributed by atoms with Crippen LogP contribution in [-0.2, 0) is 6.42 Å². The molecule has 4 heteroatoms. The van der Waals surface area contributed by atoms with E-state index in [1.807, 2.05) is 44.2 Å². The molecule has 0 spiro atoms. The zero-order valence-corrected chi connectivity index (χ0v) is 12.0. The molecule has 2 heterocycles. The number of carbonyl (C=O) groups is 1. The maximum atomic E-state index is 12.7. The molecule has 104 valence electrons. The van der Waals surface area contributed by atoms with Crippen LogP contribution in [0.1, 0.15) is 34.2 Å². The van der Waals surface area contributed by atoms with Gasteiger partial charge in [-0.2, -0.15) is 10.2 Å². The molecule has 0 bridgehead atoms. The van der Waals surface area contributed by atoms with Gasteiger partial charge < -0.3 is 0 Å². The highest BCUT2D eigenvalue weighted by Gasteiger charge is 2.15. The minimum atomic E-state index is -0.0527. The van der Waals surface area contributed by atoms with Crippen LogP contribution in [-0.4, -0.2) is 21.0 Å². The molecule has 0 unspecified atom stereocenters. The predicted octanol–water partition coefficient (Wildman–Crippen LogP) is 3.13. The van der Waals surface area contributed by atoms with Crippen LogP contribution in [0.5, 0.6) is 0 Å². The van der Waals surface area contributed by atoms with Crippen molar-refractivity contribution >= 4 is 16.7 Å². The summed E-state index contributed by atoms with van der Waals surface area (Å²) in [4.78, 5) is 17.1. The number of hydrogen-bond acceptors (Lipinski definition) is 4. The van der Waals surface area contributed by atoms with Gasteiger partial charge in [0.2, 0.25) is 0 Å². The third-order valence-corrected chi connectivity index (χ3v) is 3.42. The van der Waals surface area contributed by atoms with E-state index in [1.165, 1.54) is 0 Å². The number of aryl methyl sites for hydroxylation is 2. The first-order valence-electron chi connectivity index (χ1n) is 6.91. The SMILES string of the molecule is CCc1nnc(C)cc1C(=O)c1cnc2ccccc2c1. The van der Waals surface area contributed by atoms with E-state index in [9.17, 15) is 4.79 Å². The van der Waals surface area contributed by atoms with Crippen LogP contribution in [0.4, 0.5) is 0 Å². The quantitative estimate of drug-likeness (QED) is 0.690. The Labute approximate surface area is 122 Å². The average Bonchev–Trinajstić information content (AvgIpc) is 2.53. The lowest BCUT2D eigenvalue weighted by molar-refractivity contribution is 0.103. The molecule has 3 rings (SSSR count). The van der Waals surface area contributed by atoms with Gasteiger partial charge in [0.1, 0.15) is 0 Å². The largest absolute Gasteiger partial charge is 0.288 e. The molecule has 0 amide bonds. The van der Waals surface area contributed by atoms with Crippen LogP contribution in [0.2, 0.25) is 0 Å². The van der Waals surface area contributed by atoms with Crippen molar-refractivity contribution in [2.45, 2.75) is 20.3 Å². The minimum Gasteiger partial charge on any atom is -0.288 e. The lowest BCUT2D eigenvalue weighted by Crippen LogP contribution is -2.09. The standard InChI is InChI=1S/C17H15N3O/c1-3-15-14(8-11(2)19-20-15)17(21)13-9-12-6-4-5-7-16(12)18-10-13/h4-10H,3H2,1-2H3. The van der Waals surface area contributed by atoms with Gasteiger partial charge in [-0.15, -0.1) is 0 Å². The highest BCUT2D eigenvalue weighted by atomic mass is 16.1. The molecule has 0 saturated carbocycles. The Balaban J connectivity index is 2.10. The number of aromatic nitrogens is 3. The first kappa shape index (κ1) is 13.4. The number of nitrogens with zero attached hydrogens (tertiary/aromatic N) is 3. The number of carbonyl (C=O) groups excluding carboxylic acids is 1. The van der Waals surface area contributed by atoms with Gasteiger partial charge >= 0.3 is 0 Å². The molecular formula is C17H15N3O. The fourth-order valence-corrected chi connectivity index (χ4v) is 2.32. The van der Waals surface area contributed by atoms with Crippen LogP contribution in [0.25, 0.3) is 10.9 Å². The van der Waals surface area contributed by atoms with Gasteiger partial charge in [-0.1, -0.05) is 25.1 Å². The van der Waals surface area contributed by atoms with Gasteiger partial charge in [0.15, 0.2) is 5.78 Å². The number of benzene rings is 1. The zero-order valence-electron chi connectivity index (χ0n) is 12.0. The molecule has 0 aliphatic heterocycles. The zero-order chi connectivity index (χ0) is 14.8. The van der Waals surface area contributed by atoms with Crippen LogP contribution in [0, 0.1) is 6.92 Å². The van der Waals surface area contributed by atoms with Crippen LogP contribution in [0.3, 0.4) is 0 Å². The Morgan fingerprint density at radius 3 is 2.76 bits per heavy atom. The van der Waals surface area contributed by atoms with Gasteiger partial charge in [-0.3, -0.25) is 9.78 Å². The maximum Gasteiger partial charge on any atom is 0.196 e. The Morgan fingerprint density at radius 2 is 1.95 bits per heavy atom. The second kappa shape index (κ2) is 5.40. The first-order chi connectivity index (χ1) is 10.2. The van der Waals surface area contributed by atoms with Crippen molar-refractivity contribution < 1.29 is 4.79 Å². The fraction of sp³-hybridized carbons (Fsp3) is 0.176. The van der Waals surface area contributed by atoms with E-state index in [4.69, 9.17) is 0 Å². The Morgan fingerprint density at radius 1 is 1.14 bits per heavy atom. The van der Waals surface area contributed by atoms with E-state index >= 15 is 0 Å². The highest BCUT2D eigenvalue weighted by molar-refractivity contribution is 6.10. The normalized spacial score (nSPS) is 10.8. The Hall–Kier alpha value is -2.62. The summed E-state index contributed by atoms with van der Waals surface area (Å²) in [6.45, 7) is 3.80. The van der Waals surface area contributed by atoms with Gasteiger partial charge in [-0.25, -0.2) is 0 Å². The third kappa shape index (κ3) is 2.52. The Kier molecular flexibility index (Phi) is 3.44. The topological polar surface area (TPSA) is 55.7 Å². The summed E-state index contributed by atoms with van der Waals surface area (Å²) in [5.74, 6) is -0.0527. The number of hydrogen-bond donors (Lipinski definition) is 0. The number of pyridine rings is 1. The average molecular weight is 277 g/mol. The highest BCUT2D eigenvalue weighted by Crippen LogP contribution is 2.17. The van der Waals surface area contributed by atoms with Gasteiger partial charge in [0.05, 0.1) is 16.9 Å². The first-order valence-corrected chi connectivity index (χ1v) is 6.91. The molecule has 4 nitrogen and oxygen atoms in total. The lowest BCUT2D eigenvalue weighted by Gasteiger charge is -2.07. The van der Waals surface area contributed by atoms with Crippen molar-refractivity contribution in [2.24, 2.45) is 0 Å². The van der Waals surface area contributed by atoms with Crippen LogP contribution >= 0.6 is 0 Å². The molecule has 0 fully saturated rings. The Bertz CT molecular complexity index is 827. The molecule has 0 N–H and O–H groups in total. The lowest BCUT2D eigenvalue weighted by atomic mass is 10.0. The second-order valence-electron chi connectivity index (χ2n) is 4.95. The van der Waals surface area contributed by atoms with E-state index in [1.54, 1.807) is 12.3 Å². The van der Waals surface area contributed by atoms with Crippen molar-refractivity contribution in [2.75, 3.05) is 0 Å². The number of para-hydroxylation sites is 1. The molecule has 21 heavy (non-hydrogen) atoms. The van der Waals surface area contributed by atoms with Crippen LogP contribution in [0.15, 0.2) is 42.6 Å². The molecule has 2 aromatic heterocycles. The van der Waals surface area contributed by atoms with Crippen molar-refractivity contribution in [1.29, 1.82) is 0 Å². The number of fused-ring (bicyclic) bond motifs is 1. The van der Waals surface area contributed by atoms with E-state index < -0.39 is 0 Å². The van der Waals surface area contributed by atoms with E-state index in [2.05, 4.69) is 15.2 Å². The molecule has 1 aromatic carbocycles. The predicted molar refractivity (Wildman–Crippen MR) is 81.3 cm³/mol. The van der Waals surface area contributed by atoms with E-state index in [0.717, 1.165) is 22.3 Å². The smallest absolute Gasteiger partial charge is 0.196 e. The second-order valence-corrected chi connectivity index (χ2v) is 4.95. The van der Waals surface area contributed by atoms with Crippen molar-refractivity contribution in [3.63, 3.8) is 0 Å². The summed E-state index contributed by atoms with van der Waals surface area (Å²) in [5.41, 5.74) is 3.54. The van der Waals surface area contributed by atoms with Gasteiger partial charge in [0, 0.05) is 22.7 Å². The van der Waals surface area contributed by atoms with E-state index in [0.29, 0.717) is 17.5 Å². The third-order valence-electron chi connectivity index (χ3n) is 3.42. The molecule has 0 atom stereocenters. The summed E-state index contributed by atoms with van der Waals surface area (Å²) in [6, 6.07) is 11.4. The summed E-state index contributed by atoms with van der Waals surface area (Å²) >= 11 is 0. The van der Waals surface area contributed by atoms with Crippen molar-refractivity contribution in [3.05, 3.63) is 65.1 Å².